The van der Waals surface area contributed by atoms with E-state index >= 15 is 0 Å². The maximum atomic E-state index is 13.3. The van der Waals surface area contributed by atoms with Crippen LogP contribution in [0, 0.1) is 5.92 Å². The van der Waals surface area contributed by atoms with Crippen LogP contribution < -0.4 is 32.3 Å². The lowest BCUT2D eigenvalue weighted by Gasteiger charge is -2.33. The van der Waals surface area contributed by atoms with Crippen LogP contribution >= 0.6 is 0 Å². The van der Waals surface area contributed by atoms with E-state index in [1.807, 2.05) is 28.5 Å². The summed E-state index contributed by atoms with van der Waals surface area (Å²) in [4.78, 5) is 113. The second-order valence-electron chi connectivity index (χ2n) is 20.7. The maximum absolute atomic E-state index is 13.3. The molecule has 1 saturated heterocycles. The molecule has 0 aromatic carbocycles. The fourth-order valence-corrected chi connectivity index (χ4v) is 6.82. The summed E-state index contributed by atoms with van der Waals surface area (Å²) < 4.78 is 16.4. The summed E-state index contributed by atoms with van der Waals surface area (Å²) >= 11 is 0. The van der Waals surface area contributed by atoms with E-state index in [2.05, 4.69) is 37.3 Å². The number of hydrazine groups is 2. The molecule has 7 N–H and O–H groups in total. The minimum absolute atomic E-state index is 0.0140. The number of nitrogens with one attached hydrogen (secondary N) is 6. The molecule has 1 atom stereocenters. The SMILES string of the molecule is CC(C)C[C@@H](NC(=O)OC(C)(C)C)C(=O)NNC(=O)CCCCCNC(=O)c1ccc(NNC(=O)CN2CCN(CC(=O)O)CCN(CC(=O)OC(C)(C)C)CCN(CC(=O)OC(C)(C)C)CC2)nc1. The Morgan fingerprint density at radius 1 is 0.629 bits per heavy atom. The van der Waals surface area contributed by atoms with Crippen molar-refractivity contribution in [2.24, 2.45) is 5.92 Å². The van der Waals surface area contributed by atoms with E-state index in [1.165, 1.54) is 12.3 Å². The third-order valence-corrected chi connectivity index (χ3v) is 9.96. The van der Waals surface area contributed by atoms with Crippen molar-refractivity contribution < 1.29 is 57.7 Å². The number of carbonyl (C=O) groups excluding carboxylic acids is 7. The number of anilines is 1. The van der Waals surface area contributed by atoms with Crippen molar-refractivity contribution in [3.05, 3.63) is 23.9 Å². The minimum atomic E-state index is -1.01. The Balaban J connectivity index is 1.90. The molecule has 2 heterocycles. The van der Waals surface area contributed by atoms with E-state index in [1.54, 1.807) is 73.3 Å². The van der Waals surface area contributed by atoms with E-state index in [-0.39, 0.29) is 55.8 Å². The van der Waals surface area contributed by atoms with Crippen LogP contribution in [0.1, 0.15) is 119 Å². The molecule has 0 spiro atoms. The number of hydrogen-bond acceptors (Lipinski definition) is 17. The number of aromatic nitrogens is 1. The molecule has 0 radical (unpaired) electrons. The van der Waals surface area contributed by atoms with Crippen molar-refractivity contribution in [3.8, 4) is 0 Å². The number of carboxylic acids is 1. The summed E-state index contributed by atoms with van der Waals surface area (Å²) in [6, 6.07) is 2.18. The van der Waals surface area contributed by atoms with E-state index in [4.69, 9.17) is 14.2 Å². The highest BCUT2D eigenvalue weighted by molar-refractivity contribution is 5.94. The molecule has 0 unspecified atom stereocenters. The number of nitrogens with zero attached hydrogens (tertiary/aromatic N) is 5. The maximum Gasteiger partial charge on any atom is 0.408 e. The van der Waals surface area contributed by atoms with Gasteiger partial charge in [0.25, 0.3) is 17.7 Å². The van der Waals surface area contributed by atoms with Gasteiger partial charge < -0.3 is 30.0 Å². The normalized spacial score (nSPS) is 15.5. The van der Waals surface area contributed by atoms with Crippen LogP contribution in [0.3, 0.4) is 0 Å². The molecular formula is C47H81N11O12. The zero-order chi connectivity index (χ0) is 52.7. The van der Waals surface area contributed by atoms with Crippen LogP contribution in [-0.2, 0) is 43.0 Å². The number of unbranched alkanes of at least 4 members (excludes halogenated alkanes) is 2. The summed E-state index contributed by atoms with van der Waals surface area (Å²) in [6.07, 6.45) is 2.81. The minimum Gasteiger partial charge on any atom is -0.480 e. The van der Waals surface area contributed by atoms with Gasteiger partial charge in [-0.25, -0.2) is 9.78 Å². The number of aliphatic carboxylic acids is 1. The fraction of sp³-hybridized carbons (Fsp3) is 0.723. The van der Waals surface area contributed by atoms with Gasteiger partial charge in [0.15, 0.2) is 0 Å². The van der Waals surface area contributed by atoms with Gasteiger partial charge >= 0.3 is 24.0 Å². The predicted molar refractivity (Wildman–Crippen MR) is 261 cm³/mol. The number of hydrogen-bond donors (Lipinski definition) is 7. The second-order valence-corrected chi connectivity index (χ2v) is 20.7. The first-order chi connectivity index (χ1) is 32.6. The van der Waals surface area contributed by atoms with Crippen molar-refractivity contribution in [1.29, 1.82) is 0 Å². The summed E-state index contributed by atoms with van der Waals surface area (Å²) in [5, 5.41) is 15.0. The molecular weight excluding hydrogens is 911 g/mol. The van der Waals surface area contributed by atoms with E-state index in [0.717, 1.165) is 0 Å². The smallest absolute Gasteiger partial charge is 0.408 e. The van der Waals surface area contributed by atoms with E-state index in [0.29, 0.717) is 84.6 Å². The zero-order valence-electron chi connectivity index (χ0n) is 43.3. The third-order valence-electron chi connectivity index (χ3n) is 9.96. The quantitative estimate of drug-likeness (QED) is 0.0401. The zero-order valence-corrected chi connectivity index (χ0v) is 43.3. The number of rotatable bonds is 21. The van der Waals surface area contributed by atoms with E-state index < -0.39 is 64.6 Å². The molecule has 1 fully saturated rings. The van der Waals surface area contributed by atoms with Crippen LogP contribution in [0.2, 0.25) is 0 Å². The number of esters is 2. The molecule has 5 amide bonds. The molecule has 1 aliphatic heterocycles. The highest BCUT2D eigenvalue weighted by Gasteiger charge is 2.27. The van der Waals surface area contributed by atoms with Crippen molar-refractivity contribution in [3.63, 3.8) is 0 Å². The Morgan fingerprint density at radius 3 is 1.59 bits per heavy atom. The Hall–Kier alpha value is -5.65. The van der Waals surface area contributed by atoms with Gasteiger partial charge in [0.05, 0.1) is 31.7 Å². The number of pyridine rings is 1. The molecule has 0 aliphatic carbocycles. The topological polar surface area (TPSA) is 283 Å². The summed E-state index contributed by atoms with van der Waals surface area (Å²) in [5.74, 6) is -3.22. The van der Waals surface area contributed by atoms with Gasteiger partial charge in [0.2, 0.25) is 5.91 Å². The second kappa shape index (κ2) is 29.5. The van der Waals surface area contributed by atoms with Gasteiger partial charge in [-0.15, -0.1) is 0 Å². The highest BCUT2D eigenvalue weighted by atomic mass is 16.6. The standard InChI is InChI=1S/C47H81N11O12/c1-33(2)27-35(50-44(67)70-47(9,10)11)43(66)54-52-37(59)15-13-12-14-18-48-42(65)34-16-17-36(49-28-34)51-53-38(60)29-55-19-21-56(30-39(61)62)22-24-58(32-41(64)69-46(6,7)8)26-25-57(23-20-55)31-40(63)68-45(3,4)5/h16-17,28,33,35H,12-15,18-27,29-32H2,1-11H3,(H,48,65)(H,49,51)(H,50,67)(H,52,59)(H,53,60)(H,54,66)(H,61,62)/t35-/m1/s1. The van der Waals surface area contributed by atoms with Gasteiger partial charge in [-0.3, -0.25) is 74.9 Å². The van der Waals surface area contributed by atoms with Crippen LogP contribution in [0.25, 0.3) is 0 Å². The van der Waals surface area contributed by atoms with Crippen LogP contribution in [0.4, 0.5) is 10.6 Å². The molecule has 1 aromatic rings. The number of alkyl carbamates (subject to hydrolysis) is 1. The molecule has 23 heteroatoms. The fourth-order valence-electron chi connectivity index (χ4n) is 6.82. The Morgan fingerprint density at radius 2 is 1.13 bits per heavy atom. The molecule has 1 aromatic heterocycles. The van der Waals surface area contributed by atoms with Crippen LogP contribution in [0.15, 0.2) is 18.3 Å². The average molecular weight is 992 g/mol. The number of carboxylic acid groups (broad SMARTS) is 1. The molecule has 1 aliphatic rings. The first-order valence-electron chi connectivity index (χ1n) is 24.0. The summed E-state index contributed by atoms with van der Waals surface area (Å²) in [6.45, 7) is 22.4. The van der Waals surface area contributed by atoms with Gasteiger partial charge in [0.1, 0.15) is 28.7 Å². The van der Waals surface area contributed by atoms with Crippen LogP contribution in [-0.4, -0.2) is 185 Å². The average Bonchev–Trinajstić information content (AvgIpc) is 3.21. The van der Waals surface area contributed by atoms with Crippen molar-refractivity contribution in [2.75, 3.05) is 90.5 Å². The van der Waals surface area contributed by atoms with Gasteiger partial charge in [0, 0.05) is 71.5 Å². The lowest BCUT2D eigenvalue weighted by atomic mass is 10.0. The molecule has 23 nitrogen and oxygen atoms in total. The lowest BCUT2D eigenvalue weighted by molar-refractivity contribution is -0.158. The predicted octanol–water partition coefficient (Wildman–Crippen LogP) is 1.89. The molecule has 0 bridgehead atoms. The lowest BCUT2D eigenvalue weighted by Crippen LogP contribution is -2.53. The summed E-state index contributed by atoms with van der Waals surface area (Å²) in [5.41, 5.74) is 8.32. The Labute approximate surface area is 413 Å². The Kier molecular flexibility index (Phi) is 25.5. The van der Waals surface area contributed by atoms with Crippen molar-refractivity contribution in [1.82, 2.24) is 51.5 Å². The van der Waals surface area contributed by atoms with Crippen LogP contribution in [0.5, 0.6) is 0 Å². The first kappa shape index (κ1) is 60.5. The van der Waals surface area contributed by atoms with Crippen molar-refractivity contribution >= 4 is 53.4 Å². The molecule has 2 rings (SSSR count). The monoisotopic (exact) mass is 992 g/mol. The molecule has 70 heavy (non-hydrogen) atoms. The van der Waals surface area contributed by atoms with Gasteiger partial charge in [-0.05, 0) is 99.6 Å². The molecule has 0 saturated carbocycles. The summed E-state index contributed by atoms with van der Waals surface area (Å²) in [7, 11) is 0. The number of amides is 5. The number of carbonyl (C=O) groups is 8. The van der Waals surface area contributed by atoms with Crippen molar-refractivity contribution in [2.45, 2.75) is 131 Å². The third kappa shape index (κ3) is 28.7. The van der Waals surface area contributed by atoms with Gasteiger partial charge in [-0.2, -0.15) is 0 Å². The molecule has 396 valence electrons. The number of ether oxygens (including phenoxy) is 3. The first-order valence-corrected chi connectivity index (χ1v) is 24.0. The highest BCUT2D eigenvalue weighted by Crippen LogP contribution is 2.12. The Bertz CT molecular complexity index is 1860. The van der Waals surface area contributed by atoms with E-state index in [9.17, 15) is 43.5 Å². The largest absolute Gasteiger partial charge is 0.480 e. The van der Waals surface area contributed by atoms with Gasteiger partial charge in [-0.1, -0.05) is 20.3 Å².